The molecule has 4 aromatic heterocycles. The number of benzene rings is 1. The Hall–Kier alpha value is -4.01. The lowest BCUT2D eigenvalue weighted by Crippen LogP contribution is -2.04. The Morgan fingerprint density at radius 3 is 2.78 bits per heavy atom. The number of anilines is 1. The van der Waals surface area contributed by atoms with E-state index in [2.05, 4.69) is 30.5 Å². The van der Waals surface area contributed by atoms with Gasteiger partial charge in [-0.25, -0.2) is 14.4 Å². The second-order valence-corrected chi connectivity index (χ2v) is 8.70. The molecule has 0 amide bonds. The van der Waals surface area contributed by atoms with Crippen molar-refractivity contribution in [2.75, 3.05) is 5.32 Å². The fourth-order valence-corrected chi connectivity index (χ4v) is 4.57. The van der Waals surface area contributed by atoms with Gasteiger partial charge in [-0.05, 0) is 37.0 Å². The van der Waals surface area contributed by atoms with Crippen LogP contribution in [0.3, 0.4) is 0 Å². The van der Waals surface area contributed by atoms with Crippen LogP contribution in [0, 0.1) is 5.82 Å². The van der Waals surface area contributed by atoms with Gasteiger partial charge in [0.1, 0.15) is 17.4 Å². The summed E-state index contributed by atoms with van der Waals surface area (Å²) in [6.07, 6.45) is 10.6. The highest BCUT2D eigenvalue weighted by molar-refractivity contribution is 5.91. The van der Waals surface area contributed by atoms with E-state index in [1.54, 1.807) is 29.2 Å². The predicted octanol–water partition coefficient (Wildman–Crippen LogP) is 6.06. The van der Waals surface area contributed by atoms with E-state index in [9.17, 15) is 0 Å². The van der Waals surface area contributed by atoms with E-state index < -0.39 is 0 Å². The Morgan fingerprint density at radius 2 is 1.97 bits per heavy atom. The fourth-order valence-electron chi connectivity index (χ4n) is 4.57. The van der Waals surface area contributed by atoms with Crippen LogP contribution in [0.1, 0.15) is 50.0 Å². The lowest BCUT2D eigenvalue weighted by Gasteiger charge is -2.09. The molecule has 0 fully saturated rings. The highest BCUT2D eigenvalue weighted by atomic mass is 19.1. The minimum Gasteiger partial charge on any atom is -0.363 e. The summed E-state index contributed by atoms with van der Waals surface area (Å²) in [6.45, 7) is 4.34. The number of aromatic nitrogens is 6. The number of aromatic amines is 1. The molecule has 6 rings (SSSR count). The SMILES string of the molecule is CC.Cn1cc(-c2nc3nccc(-c4ccc(CNc5noc6c5CCCCC6)c(F)c4)c3[nH]2)cn1. The van der Waals surface area contributed by atoms with Crippen molar-refractivity contribution < 1.29 is 8.91 Å². The lowest BCUT2D eigenvalue weighted by molar-refractivity contribution is 0.382. The highest BCUT2D eigenvalue weighted by Gasteiger charge is 2.19. The van der Waals surface area contributed by atoms with Crippen LogP contribution in [0.15, 0.2) is 47.4 Å². The number of nitrogens with zero attached hydrogens (tertiary/aromatic N) is 5. The van der Waals surface area contributed by atoms with Crippen LogP contribution in [0.5, 0.6) is 0 Å². The molecule has 0 atom stereocenters. The van der Waals surface area contributed by atoms with Crippen LogP contribution in [-0.4, -0.2) is 29.9 Å². The van der Waals surface area contributed by atoms with Gasteiger partial charge in [-0.15, -0.1) is 0 Å². The number of pyridine rings is 1. The first-order valence-electron chi connectivity index (χ1n) is 12.5. The van der Waals surface area contributed by atoms with Crippen molar-refractivity contribution in [2.45, 2.75) is 52.5 Å². The van der Waals surface area contributed by atoms with Crippen molar-refractivity contribution in [3.8, 4) is 22.5 Å². The maximum absolute atomic E-state index is 15.1. The molecule has 2 N–H and O–H groups in total. The summed E-state index contributed by atoms with van der Waals surface area (Å²) in [5.74, 6) is 2.09. The third-order valence-electron chi connectivity index (χ3n) is 6.38. The van der Waals surface area contributed by atoms with E-state index in [4.69, 9.17) is 4.52 Å². The molecule has 8 nitrogen and oxygen atoms in total. The van der Waals surface area contributed by atoms with Gasteiger partial charge in [-0.1, -0.05) is 37.6 Å². The number of rotatable bonds is 5. The van der Waals surface area contributed by atoms with Gasteiger partial charge in [-0.3, -0.25) is 4.68 Å². The molecule has 36 heavy (non-hydrogen) atoms. The predicted molar refractivity (Wildman–Crippen MR) is 138 cm³/mol. The maximum Gasteiger partial charge on any atom is 0.178 e. The van der Waals surface area contributed by atoms with E-state index in [-0.39, 0.29) is 5.82 Å². The number of fused-ring (bicyclic) bond motifs is 2. The number of aryl methyl sites for hydroxylation is 2. The van der Waals surface area contributed by atoms with Gasteiger partial charge in [0.2, 0.25) is 0 Å². The Labute approximate surface area is 209 Å². The van der Waals surface area contributed by atoms with Crippen molar-refractivity contribution >= 4 is 17.0 Å². The first kappa shape index (κ1) is 23.7. The first-order valence-corrected chi connectivity index (χ1v) is 12.5. The molecule has 0 unspecified atom stereocenters. The van der Waals surface area contributed by atoms with Crippen molar-refractivity contribution in [1.29, 1.82) is 0 Å². The van der Waals surface area contributed by atoms with Gasteiger partial charge in [0.25, 0.3) is 0 Å². The Bertz CT molecular complexity index is 1480. The molecule has 1 aliphatic rings. The van der Waals surface area contributed by atoms with Crippen LogP contribution < -0.4 is 5.32 Å². The molecule has 186 valence electrons. The lowest BCUT2D eigenvalue weighted by atomic mass is 10.0. The van der Waals surface area contributed by atoms with E-state index >= 15 is 4.39 Å². The van der Waals surface area contributed by atoms with Crippen molar-refractivity contribution in [2.24, 2.45) is 7.05 Å². The quantitative estimate of drug-likeness (QED) is 0.293. The zero-order valence-electron chi connectivity index (χ0n) is 20.8. The number of nitrogens with one attached hydrogen (secondary N) is 2. The van der Waals surface area contributed by atoms with Crippen LogP contribution in [0.4, 0.5) is 10.2 Å². The number of hydrogen-bond donors (Lipinski definition) is 2. The topological polar surface area (TPSA) is 97.5 Å². The summed E-state index contributed by atoms with van der Waals surface area (Å²) in [4.78, 5) is 12.3. The van der Waals surface area contributed by atoms with E-state index in [0.29, 0.717) is 23.6 Å². The zero-order valence-corrected chi connectivity index (χ0v) is 20.8. The van der Waals surface area contributed by atoms with Gasteiger partial charge >= 0.3 is 0 Å². The molecule has 0 saturated heterocycles. The summed E-state index contributed by atoms with van der Waals surface area (Å²) in [5, 5.41) is 11.7. The summed E-state index contributed by atoms with van der Waals surface area (Å²) in [5.41, 5.74) is 5.51. The molecule has 0 radical (unpaired) electrons. The molecule has 9 heteroatoms. The monoisotopic (exact) mass is 487 g/mol. The van der Waals surface area contributed by atoms with Crippen LogP contribution in [0.25, 0.3) is 33.7 Å². The molecule has 5 aromatic rings. The Morgan fingerprint density at radius 1 is 1.11 bits per heavy atom. The fraction of sp³-hybridized carbons (Fsp3) is 0.333. The van der Waals surface area contributed by atoms with Gasteiger partial charge in [0.05, 0.1) is 17.3 Å². The van der Waals surface area contributed by atoms with E-state index in [0.717, 1.165) is 65.0 Å². The molecular weight excluding hydrogens is 457 g/mol. The number of H-pyrrole nitrogens is 1. The number of hydrogen-bond acceptors (Lipinski definition) is 6. The van der Waals surface area contributed by atoms with E-state index in [1.165, 1.54) is 6.42 Å². The van der Waals surface area contributed by atoms with Crippen molar-refractivity contribution in [3.63, 3.8) is 0 Å². The number of halogens is 1. The average molecular weight is 488 g/mol. The van der Waals surface area contributed by atoms with Crippen LogP contribution in [-0.2, 0) is 26.4 Å². The molecule has 0 spiro atoms. The third-order valence-corrected chi connectivity index (χ3v) is 6.38. The van der Waals surface area contributed by atoms with Gasteiger partial charge in [0.15, 0.2) is 11.5 Å². The summed E-state index contributed by atoms with van der Waals surface area (Å²) < 4.78 is 22.3. The molecule has 0 aliphatic heterocycles. The summed E-state index contributed by atoms with van der Waals surface area (Å²) in [7, 11) is 1.85. The standard InChI is InChI=1S/C25H24FN7O.C2H6/c1-33-14-17(13-29-33)23-30-22-18(9-10-27-25(22)31-23)15-7-8-16(20(26)11-15)12-28-24-19-5-3-2-4-6-21(19)34-32-24;1-2/h7-11,13-14H,2-6,12H2,1H3,(H,28,32)(H,27,30,31);1-2H3. The molecule has 1 aliphatic carbocycles. The van der Waals surface area contributed by atoms with Gasteiger partial charge in [-0.2, -0.15) is 5.10 Å². The zero-order chi connectivity index (χ0) is 25.1. The van der Waals surface area contributed by atoms with Crippen LogP contribution >= 0.6 is 0 Å². The molecule has 0 saturated carbocycles. The highest BCUT2D eigenvalue weighted by Crippen LogP contribution is 2.31. The second kappa shape index (κ2) is 10.3. The normalized spacial score (nSPS) is 13.1. The van der Waals surface area contributed by atoms with Crippen LogP contribution in [0.2, 0.25) is 0 Å². The molecule has 1 aromatic carbocycles. The van der Waals surface area contributed by atoms with E-state index in [1.807, 2.05) is 39.2 Å². The van der Waals surface area contributed by atoms with Crippen molar-refractivity contribution in [1.82, 2.24) is 29.9 Å². The minimum atomic E-state index is -0.281. The smallest absolute Gasteiger partial charge is 0.178 e. The Balaban J connectivity index is 0.00000130. The maximum atomic E-state index is 15.1. The number of imidazole rings is 1. The van der Waals surface area contributed by atoms with Crippen molar-refractivity contribution in [3.05, 3.63) is 65.6 Å². The third kappa shape index (κ3) is 4.60. The Kier molecular flexibility index (Phi) is 6.79. The summed E-state index contributed by atoms with van der Waals surface area (Å²) >= 11 is 0. The first-order chi connectivity index (χ1) is 17.7. The summed E-state index contributed by atoms with van der Waals surface area (Å²) in [6, 6.07) is 7.15. The average Bonchev–Trinajstić information content (AvgIpc) is 3.58. The molecule has 4 heterocycles. The second-order valence-electron chi connectivity index (χ2n) is 8.70. The molecular formula is C27H30FN7O. The largest absolute Gasteiger partial charge is 0.363 e. The van der Waals surface area contributed by atoms with Gasteiger partial charge in [0, 0.05) is 49.1 Å². The van der Waals surface area contributed by atoms with Gasteiger partial charge < -0.3 is 14.8 Å². The minimum absolute atomic E-state index is 0.281. The molecule has 0 bridgehead atoms.